The van der Waals surface area contributed by atoms with Gasteiger partial charge in [0.15, 0.2) is 0 Å². The molecule has 0 saturated heterocycles. The van der Waals surface area contributed by atoms with E-state index in [1.54, 1.807) is 6.20 Å². The van der Waals surface area contributed by atoms with Crippen molar-refractivity contribution in [3.05, 3.63) is 78.0 Å². The summed E-state index contributed by atoms with van der Waals surface area (Å²) in [6.07, 6.45) is 1.78. The first-order valence-electron chi connectivity index (χ1n) is 6.22. The second kappa shape index (κ2) is 4.98. The summed E-state index contributed by atoms with van der Waals surface area (Å²) >= 11 is 0. The van der Waals surface area contributed by atoms with Crippen LogP contribution in [0.5, 0.6) is 0 Å². The van der Waals surface area contributed by atoms with Crippen molar-refractivity contribution in [2.24, 2.45) is 0 Å². The fourth-order valence-electron chi connectivity index (χ4n) is 2.27. The minimum Gasteiger partial charge on any atom is -0.327 e. The molecule has 0 saturated carbocycles. The Morgan fingerprint density at radius 3 is 2.16 bits per heavy atom. The van der Waals surface area contributed by atoms with E-state index in [1.807, 2.05) is 60.7 Å². The number of hydrogen-bond donors (Lipinski definition) is 2. The number of carbonyl (C=O) groups is 1. The highest BCUT2D eigenvalue weighted by Crippen LogP contribution is 2.30. The number of carbonyl (C=O) groups excluding carboxylic acids is 1. The Hall–Kier alpha value is -2.55. The van der Waals surface area contributed by atoms with Crippen molar-refractivity contribution in [2.45, 2.75) is 6.04 Å². The molecule has 1 aliphatic heterocycles. The van der Waals surface area contributed by atoms with Gasteiger partial charge >= 0.3 is 6.03 Å². The molecule has 1 heterocycles. The van der Waals surface area contributed by atoms with Gasteiger partial charge in [0.2, 0.25) is 0 Å². The average molecular weight is 250 g/mol. The van der Waals surface area contributed by atoms with Gasteiger partial charge < -0.3 is 10.6 Å². The fraction of sp³-hybridized carbons (Fsp3) is 0.0625. The molecule has 19 heavy (non-hydrogen) atoms. The molecule has 3 nitrogen and oxygen atoms in total. The molecular formula is C16H14N2O. The third kappa shape index (κ3) is 2.36. The van der Waals surface area contributed by atoms with E-state index in [0.29, 0.717) is 0 Å². The first kappa shape index (κ1) is 11.5. The van der Waals surface area contributed by atoms with Gasteiger partial charge in [0, 0.05) is 11.8 Å². The number of hydrogen-bond acceptors (Lipinski definition) is 1. The van der Waals surface area contributed by atoms with E-state index < -0.39 is 0 Å². The van der Waals surface area contributed by atoms with E-state index in [1.165, 1.54) is 0 Å². The van der Waals surface area contributed by atoms with Crippen molar-refractivity contribution >= 4 is 11.6 Å². The SMILES string of the molecule is O=C1NC=C(c2ccccc2)[C@H](c2ccccc2)N1. The summed E-state index contributed by atoms with van der Waals surface area (Å²) in [5, 5.41) is 5.68. The number of nitrogens with one attached hydrogen (secondary N) is 2. The Bertz CT molecular complexity index is 605. The zero-order valence-electron chi connectivity index (χ0n) is 10.3. The standard InChI is InChI=1S/C16H14N2O/c19-16-17-11-14(12-7-3-1-4-8-12)15(18-16)13-9-5-2-6-10-13/h1-11,15H,(H2,17,18,19)/t15-/m0/s1. The van der Waals surface area contributed by atoms with Crippen molar-refractivity contribution in [3.63, 3.8) is 0 Å². The third-order valence-corrected chi connectivity index (χ3v) is 3.19. The molecule has 94 valence electrons. The van der Waals surface area contributed by atoms with E-state index in [0.717, 1.165) is 16.7 Å². The van der Waals surface area contributed by atoms with Gasteiger partial charge in [0.1, 0.15) is 0 Å². The largest absolute Gasteiger partial charge is 0.327 e. The van der Waals surface area contributed by atoms with Gasteiger partial charge in [-0.3, -0.25) is 0 Å². The topological polar surface area (TPSA) is 41.1 Å². The van der Waals surface area contributed by atoms with Gasteiger partial charge in [-0.15, -0.1) is 0 Å². The lowest BCUT2D eigenvalue weighted by atomic mass is 9.93. The summed E-state index contributed by atoms with van der Waals surface area (Å²) in [7, 11) is 0. The minimum atomic E-state index is -0.173. The summed E-state index contributed by atoms with van der Waals surface area (Å²) in [6, 6.07) is 19.7. The minimum absolute atomic E-state index is 0.114. The monoisotopic (exact) mass is 250 g/mol. The molecular weight excluding hydrogens is 236 g/mol. The molecule has 2 N–H and O–H groups in total. The highest BCUT2D eigenvalue weighted by molar-refractivity contribution is 5.85. The van der Waals surface area contributed by atoms with Crippen molar-refractivity contribution < 1.29 is 4.79 Å². The van der Waals surface area contributed by atoms with Crippen LogP contribution in [0.4, 0.5) is 4.79 Å². The van der Waals surface area contributed by atoms with E-state index in [2.05, 4.69) is 10.6 Å². The van der Waals surface area contributed by atoms with Gasteiger partial charge in [0.05, 0.1) is 6.04 Å². The molecule has 1 aliphatic rings. The number of benzene rings is 2. The zero-order valence-corrected chi connectivity index (χ0v) is 10.3. The highest BCUT2D eigenvalue weighted by Gasteiger charge is 2.23. The first-order valence-corrected chi connectivity index (χ1v) is 6.22. The molecule has 0 fully saturated rings. The van der Waals surface area contributed by atoms with Crippen LogP contribution in [-0.4, -0.2) is 6.03 Å². The number of rotatable bonds is 2. The van der Waals surface area contributed by atoms with Crippen LogP contribution in [0.1, 0.15) is 17.2 Å². The molecule has 2 aromatic carbocycles. The normalized spacial score (nSPS) is 18.2. The molecule has 0 bridgehead atoms. The van der Waals surface area contributed by atoms with Crippen LogP contribution >= 0.6 is 0 Å². The Morgan fingerprint density at radius 2 is 1.47 bits per heavy atom. The summed E-state index contributed by atoms with van der Waals surface area (Å²) in [5.41, 5.74) is 3.24. The third-order valence-electron chi connectivity index (χ3n) is 3.19. The van der Waals surface area contributed by atoms with E-state index >= 15 is 0 Å². The van der Waals surface area contributed by atoms with E-state index in [9.17, 15) is 4.79 Å². The van der Waals surface area contributed by atoms with Crippen LogP contribution in [0.3, 0.4) is 0 Å². The molecule has 0 spiro atoms. The van der Waals surface area contributed by atoms with Crippen LogP contribution in [-0.2, 0) is 0 Å². The van der Waals surface area contributed by atoms with Crippen molar-refractivity contribution in [2.75, 3.05) is 0 Å². The van der Waals surface area contributed by atoms with Gasteiger partial charge in [0.25, 0.3) is 0 Å². The molecule has 2 amide bonds. The maximum atomic E-state index is 11.6. The van der Waals surface area contributed by atoms with Crippen LogP contribution in [0.2, 0.25) is 0 Å². The Balaban J connectivity index is 2.03. The lowest BCUT2D eigenvalue weighted by molar-refractivity contribution is 0.241. The second-order valence-electron chi connectivity index (χ2n) is 4.43. The smallest absolute Gasteiger partial charge is 0.319 e. The predicted molar refractivity (Wildman–Crippen MR) is 75.3 cm³/mol. The van der Waals surface area contributed by atoms with Crippen LogP contribution in [0.15, 0.2) is 66.9 Å². The van der Waals surface area contributed by atoms with Crippen LogP contribution in [0, 0.1) is 0 Å². The molecule has 0 aromatic heterocycles. The molecule has 0 radical (unpaired) electrons. The van der Waals surface area contributed by atoms with Crippen LogP contribution in [0.25, 0.3) is 5.57 Å². The maximum absolute atomic E-state index is 11.6. The zero-order chi connectivity index (χ0) is 13.1. The van der Waals surface area contributed by atoms with E-state index in [-0.39, 0.29) is 12.1 Å². The predicted octanol–water partition coefficient (Wildman–Crippen LogP) is 3.08. The fourth-order valence-corrected chi connectivity index (χ4v) is 2.27. The molecule has 0 unspecified atom stereocenters. The molecule has 3 rings (SSSR count). The molecule has 3 heteroatoms. The Kier molecular flexibility index (Phi) is 3.02. The lowest BCUT2D eigenvalue weighted by Gasteiger charge is -2.26. The second-order valence-corrected chi connectivity index (χ2v) is 4.43. The molecule has 0 aliphatic carbocycles. The lowest BCUT2D eigenvalue weighted by Crippen LogP contribution is -2.40. The Labute approximate surface area is 112 Å². The van der Waals surface area contributed by atoms with Crippen molar-refractivity contribution in [3.8, 4) is 0 Å². The van der Waals surface area contributed by atoms with Crippen molar-refractivity contribution in [1.29, 1.82) is 0 Å². The molecule has 2 aromatic rings. The van der Waals surface area contributed by atoms with E-state index in [4.69, 9.17) is 0 Å². The highest BCUT2D eigenvalue weighted by atomic mass is 16.2. The van der Waals surface area contributed by atoms with Gasteiger partial charge in [-0.05, 0) is 11.1 Å². The van der Waals surface area contributed by atoms with Gasteiger partial charge in [-0.1, -0.05) is 60.7 Å². The van der Waals surface area contributed by atoms with Crippen molar-refractivity contribution in [1.82, 2.24) is 10.6 Å². The summed E-state index contributed by atoms with van der Waals surface area (Å²) in [6.45, 7) is 0. The van der Waals surface area contributed by atoms with Gasteiger partial charge in [-0.2, -0.15) is 0 Å². The Morgan fingerprint density at radius 1 is 0.842 bits per heavy atom. The first-order chi connectivity index (χ1) is 9.34. The number of urea groups is 1. The maximum Gasteiger partial charge on any atom is 0.319 e. The summed E-state index contributed by atoms with van der Waals surface area (Å²) in [4.78, 5) is 11.6. The molecule has 1 atom stereocenters. The number of amides is 2. The summed E-state index contributed by atoms with van der Waals surface area (Å²) < 4.78 is 0. The summed E-state index contributed by atoms with van der Waals surface area (Å²) in [5.74, 6) is 0. The van der Waals surface area contributed by atoms with Gasteiger partial charge in [-0.25, -0.2) is 4.79 Å². The average Bonchev–Trinajstić information content (AvgIpc) is 2.49. The van der Waals surface area contributed by atoms with Crippen LogP contribution < -0.4 is 10.6 Å². The quantitative estimate of drug-likeness (QED) is 0.845.